The second kappa shape index (κ2) is 17.0. The maximum Gasteiger partial charge on any atom is 0.249 e. The average molecular weight is 669 g/mol. The number of amides is 1. The molecule has 4 aliphatic rings. The minimum absolute atomic E-state index is 0.00695. The van der Waals surface area contributed by atoms with Crippen LogP contribution < -0.4 is 33.6 Å². The summed E-state index contributed by atoms with van der Waals surface area (Å²) in [6.07, 6.45) is -15.0. The van der Waals surface area contributed by atoms with Gasteiger partial charge in [-0.1, -0.05) is 19.3 Å². The predicted octanol–water partition coefficient (Wildman–Crippen LogP) is -5.52. The zero-order valence-electron chi connectivity index (χ0n) is 25.8. The van der Waals surface area contributed by atoms with Crippen molar-refractivity contribution in [1.82, 2.24) is 10.6 Å². The standard InChI is InChI=1S/C28H53FN6O11/c29-17-24(45-28-23(41)22(40)20(38)15(9-31)43-28)12(32)8-13(35-26(42)14(36)6-7-30)25(17)46-27-21(39)18(33)19(37)16(44-27)10-34-11-4-2-1-3-5-11/h11-25,27-28,34,36-41H,1-10,30-33H2,(H,35,42)/t12-,13-,14+,15-,16+,17+,18-,19+,20-,21+,22+,23-,24-,25-,27+,28+/m1/s1. The van der Waals surface area contributed by atoms with Crippen molar-refractivity contribution >= 4 is 5.91 Å². The summed E-state index contributed by atoms with van der Waals surface area (Å²) in [6, 6.07) is -3.32. The van der Waals surface area contributed by atoms with E-state index < -0.39 is 104 Å². The first kappa shape index (κ1) is 37.6. The number of alkyl halides is 1. The first-order chi connectivity index (χ1) is 21.9. The van der Waals surface area contributed by atoms with Gasteiger partial charge in [-0.3, -0.25) is 4.79 Å². The highest BCUT2D eigenvalue weighted by atomic mass is 19.1. The topological polar surface area (TPSA) is 304 Å². The largest absolute Gasteiger partial charge is 0.389 e. The molecule has 0 radical (unpaired) electrons. The number of nitrogens with two attached hydrogens (primary N) is 4. The van der Waals surface area contributed by atoms with E-state index in [9.17, 15) is 35.4 Å². The van der Waals surface area contributed by atoms with Gasteiger partial charge in [-0.25, -0.2) is 4.39 Å². The van der Waals surface area contributed by atoms with E-state index in [2.05, 4.69) is 10.6 Å². The van der Waals surface area contributed by atoms with Crippen molar-refractivity contribution in [3.05, 3.63) is 0 Å². The zero-order valence-corrected chi connectivity index (χ0v) is 25.8. The fourth-order valence-corrected chi connectivity index (χ4v) is 6.63. The molecule has 4 fully saturated rings. The normalized spacial score (nSPS) is 44.9. The molecule has 0 aromatic heterocycles. The minimum atomic E-state index is -2.17. The van der Waals surface area contributed by atoms with Crippen LogP contribution in [-0.4, -0.2) is 160 Å². The van der Waals surface area contributed by atoms with Gasteiger partial charge in [-0.2, -0.15) is 0 Å². The smallest absolute Gasteiger partial charge is 0.249 e. The van der Waals surface area contributed by atoms with Crippen LogP contribution in [0.2, 0.25) is 0 Å². The predicted molar refractivity (Wildman–Crippen MR) is 158 cm³/mol. The second-order valence-corrected chi connectivity index (χ2v) is 12.8. The highest BCUT2D eigenvalue weighted by molar-refractivity contribution is 5.80. The van der Waals surface area contributed by atoms with E-state index in [-0.39, 0.29) is 38.5 Å². The third-order valence-electron chi connectivity index (χ3n) is 9.50. The fraction of sp³-hybridized carbons (Fsp3) is 0.964. The quantitative estimate of drug-likeness (QED) is 0.0923. The molecule has 2 aliphatic carbocycles. The van der Waals surface area contributed by atoms with Crippen molar-refractivity contribution in [3.8, 4) is 0 Å². The lowest BCUT2D eigenvalue weighted by Crippen LogP contribution is -2.69. The Balaban J connectivity index is 1.53. The van der Waals surface area contributed by atoms with E-state index in [1.54, 1.807) is 0 Å². The molecule has 1 amide bonds. The van der Waals surface area contributed by atoms with Crippen molar-refractivity contribution in [2.24, 2.45) is 22.9 Å². The Bertz CT molecular complexity index is 958. The number of carbonyl (C=O) groups excluding carboxylic acids is 1. The highest BCUT2D eigenvalue weighted by Gasteiger charge is 2.53. The van der Waals surface area contributed by atoms with Gasteiger partial charge in [0.05, 0.1) is 18.2 Å². The molecule has 0 spiro atoms. The number of aliphatic hydroxyl groups excluding tert-OH is 6. The van der Waals surface area contributed by atoms with Gasteiger partial charge in [-0.05, 0) is 32.2 Å². The van der Waals surface area contributed by atoms with Crippen LogP contribution in [0.3, 0.4) is 0 Å². The van der Waals surface area contributed by atoms with Gasteiger partial charge in [0.15, 0.2) is 18.8 Å². The maximum absolute atomic E-state index is 16.5. The first-order valence-corrected chi connectivity index (χ1v) is 16.2. The molecule has 0 aromatic carbocycles. The lowest BCUT2D eigenvalue weighted by atomic mass is 9.84. The number of nitrogens with one attached hydrogen (secondary N) is 2. The molecule has 16 N–H and O–H groups in total. The van der Waals surface area contributed by atoms with E-state index in [0.717, 1.165) is 32.1 Å². The third kappa shape index (κ3) is 8.68. The van der Waals surface area contributed by atoms with Crippen molar-refractivity contribution < 1.29 is 58.8 Å². The van der Waals surface area contributed by atoms with E-state index in [1.807, 2.05) is 0 Å². The number of ether oxygens (including phenoxy) is 4. The van der Waals surface area contributed by atoms with Gasteiger partial charge in [0.2, 0.25) is 5.91 Å². The summed E-state index contributed by atoms with van der Waals surface area (Å²) in [5.41, 5.74) is 23.5. The number of hydrogen-bond acceptors (Lipinski definition) is 16. The Kier molecular flexibility index (Phi) is 13.9. The number of halogens is 1. The van der Waals surface area contributed by atoms with Crippen molar-refractivity contribution in [2.45, 2.75) is 149 Å². The van der Waals surface area contributed by atoms with E-state index in [0.29, 0.717) is 0 Å². The molecule has 16 atom stereocenters. The Morgan fingerprint density at radius 3 is 2.15 bits per heavy atom. The zero-order chi connectivity index (χ0) is 33.7. The van der Waals surface area contributed by atoms with Crippen LogP contribution >= 0.6 is 0 Å². The van der Waals surface area contributed by atoms with Crippen LogP contribution in [0, 0.1) is 0 Å². The maximum atomic E-state index is 16.5. The summed E-state index contributed by atoms with van der Waals surface area (Å²) in [4.78, 5) is 12.8. The summed E-state index contributed by atoms with van der Waals surface area (Å²) in [7, 11) is 0. The summed E-state index contributed by atoms with van der Waals surface area (Å²) in [6.45, 7) is -0.0520. The molecule has 2 aliphatic heterocycles. The van der Waals surface area contributed by atoms with Crippen LogP contribution in [0.25, 0.3) is 0 Å². The van der Waals surface area contributed by atoms with Crippen molar-refractivity contribution in [1.29, 1.82) is 0 Å². The van der Waals surface area contributed by atoms with Gasteiger partial charge in [0, 0.05) is 25.2 Å². The number of rotatable bonds is 12. The van der Waals surface area contributed by atoms with E-state index in [1.165, 1.54) is 0 Å². The van der Waals surface area contributed by atoms with Crippen LogP contribution in [0.15, 0.2) is 0 Å². The van der Waals surface area contributed by atoms with Gasteiger partial charge in [0.25, 0.3) is 0 Å². The molecule has 18 heteroatoms. The van der Waals surface area contributed by atoms with Crippen molar-refractivity contribution in [3.63, 3.8) is 0 Å². The van der Waals surface area contributed by atoms with Gasteiger partial charge in [0.1, 0.15) is 54.9 Å². The van der Waals surface area contributed by atoms with Gasteiger partial charge in [-0.15, -0.1) is 0 Å². The van der Waals surface area contributed by atoms with Crippen LogP contribution in [0.5, 0.6) is 0 Å². The van der Waals surface area contributed by atoms with Crippen LogP contribution in [0.1, 0.15) is 44.9 Å². The molecule has 0 unspecified atom stereocenters. The number of hydrogen-bond donors (Lipinski definition) is 12. The average Bonchev–Trinajstić information content (AvgIpc) is 3.04. The summed E-state index contributed by atoms with van der Waals surface area (Å²) in [5, 5.41) is 68.7. The number of carbonyl (C=O) groups is 1. The molecular weight excluding hydrogens is 615 g/mol. The lowest BCUT2D eigenvalue weighted by Gasteiger charge is -2.48. The Morgan fingerprint density at radius 1 is 0.870 bits per heavy atom. The van der Waals surface area contributed by atoms with Crippen LogP contribution in [0.4, 0.5) is 4.39 Å². The van der Waals surface area contributed by atoms with E-state index >= 15 is 4.39 Å². The SMILES string of the molecule is NCC[C@H](O)C(=O)N[C@@H]1C[C@@H](N)[C@@H](O[C@@H]2O[C@H](CN)[C@@H](O)[C@H](O)[C@H]2O)[C@H](F)[C@@H]1O[C@@H]1O[C@@H](CNC2CCCCC2)[C@H](O)[C@@H](N)[C@@H]1O. The van der Waals surface area contributed by atoms with Crippen LogP contribution in [-0.2, 0) is 23.7 Å². The molecule has 0 bridgehead atoms. The molecule has 2 saturated heterocycles. The molecule has 0 aromatic rings. The molecule has 46 heavy (non-hydrogen) atoms. The number of aliphatic hydroxyl groups is 6. The molecule has 268 valence electrons. The summed E-state index contributed by atoms with van der Waals surface area (Å²) < 4.78 is 39.7. The van der Waals surface area contributed by atoms with E-state index in [4.69, 9.17) is 41.9 Å². The first-order valence-electron chi connectivity index (χ1n) is 16.2. The lowest BCUT2D eigenvalue weighted by molar-refractivity contribution is -0.326. The minimum Gasteiger partial charge on any atom is -0.389 e. The second-order valence-electron chi connectivity index (χ2n) is 12.8. The Morgan fingerprint density at radius 2 is 1.50 bits per heavy atom. The highest BCUT2D eigenvalue weighted by Crippen LogP contribution is 2.33. The summed E-state index contributed by atoms with van der Waals surface area (Å²) in [5.74, 6) is -0.858. The molecule has 2 saturated carbocycles. The fourth-order valence-electron chi connectivity index (χ4n) is 6.63. The molecule has 2 heterocycles. The molecule has 17 nitrogen and oxygen atoms in total. The third-order valence-corrected chi connectivity index (χ3v) is 9.50. The Hall–Kier alpha value is -1.20. The van der Waals surface area contributed by atoms with Crippen molar-refractivity contribution in [2.75, 3.05) is 19.6 Å². The summed E-state index contributed by atoms with van der Waals surface area (Å²) >= 11 is 0. The molecule has 4 rings (SSSR count). The monoisotopic (exact) mass is 668 g/mol. The molecular formula is C28H53FN6O11. The van der Waals surface area contributed by atoms with Gasteiger partial charge < -0.3 is 83.2 Å². The Labute approximate surface area is 267 Å². The van der Waals surface area contributed by atoms with Gasteiger partial charge >= 0.3 is 0 Å².